The molecule has 0 unspecified atom stereocenters. The Kier molecular flexibility index (Phi) is 6.26. The largest absolute Gasteiger partial charge is 0.496 e. The molecule has 1 aliphatic rings. The number of pyridine rings is 1. The van der Waals surface area contributed by atoms with E-state index in [4.69, 9.17) is 4.74 Å². The number of methoxy groups -OCH3 is 1. The number of rotatable bonds is 6. The zero-order chi connectivity index (χ0) is 21.6. The molecule has 31 heavy (non-hydrogen) atoms. The predicted octanol–water partition coefficient (Wildman–Crippen LogP) is 3.26. The van der Waals surface area contributed by atoms with Crippen molar-refractivity contribution in [2.75, 3.05) is 20.2 Å². The van der Waals surface area contributed by atoms with Crippen molar-refractivity contribution in [1.82, 2.24) is 15.2 Å². The predicted molar refractivity (Wildman–Crippen MR) is 118 cm³/mol. The molecule has 0 bridgehead atoms. The van der Waals surface area contributed by atoms with Crippen LogP contribution < -0.4 is 10.1 Å². The Morgan fingerprint density at radius 3 is 2.55 bits per heavy atom. The molecular formula is C25H25N3O3. The van der Waals surface area contributed by atoms with Gasteiger partial charge in [0.2, 0.25) is 5.91 Å². The number of benzene rings is 2. The molecule has 0 saturated carbocycles. The minimum absolute atomic E-state index is 0.0666. The van der Waals surface area contributed by atoms with Gasteiger partial charge in [0.15, 0.2) is 0 Å². The summed E-state index contributed by atoms with van der Waals surface area (Å²) in [5.41, 5.74) is 2.49. The molecule has 2 amide bonds. The molecule has 1 aromatic heterocycles. The van der Waals surface area contributed by atoms with Gasteiger partial charge in [0.1, 0.15) is 5.75 Å². The lowest BCUT2D eigenvalue weighted by molar-refractivity contribution is -0.125. The van der Waals surface area contributed by atoms with Crippen LogP contribution in [-0.2, 0) is 11.3 Å². The maximum atomic E-state index is 13.2. The van der Waals surface area contributed by atoms with E-state index >= 15 is 0 Å². The van der Waals surface area contributed by atoms with Crippen molar-refractivity contribution in [3.05, 3.63) is 95.8 Å². The normalized spacial score (nSPS) is 17.9. The minimum atomic E-state index is -0.374. The number of ether oxygens (including phenoxy) is 1. The van der Waals surface area contributed by atoms with Gasteiger partial charge in [-0.1, -0.05) is 42.5 Å². The summed E-state index contributed by atoms with van der Waals surface area (Å²) in [6.45, 7) is 1.21. The SMILES string of the molecule is COc1ccccc1[C@@H]1CN(C(=O)c2ccccc2)C[C@@H]1C(=O)NCc1cccnc1. The lowest BCUT2D eigenvalue weighted by Crippen LogP contribution is -2.35. The van der Waals surface area contributed by atoms with Crippen molar-refractivity contribution in [3.63, 3.8) is 0 Å². The van der Waals surface area contributed by atoms with E-state index in [0.29, 0.717) is 25.2 Å². The van der Waals surface area contributed by atoms with Crippen molar-refractivity contribution in [3.8, 4) is 5.75 Å². The molecule has 1 saturated heterocycles. The van der Waals surface area contributed by atoms with Gasteiger partial charge in [-0.25, -0.2) is 0 Å². The van der Waals surface area contributed by atoms with Gasteiger partial charge in [0, 0.05) is 43.5 Å². The highest BCUT2D eigenvalue weighted by Gasteiger charge is 2.41. The lowest BCUT2D eigenvalue weighted by atomic mass is 9.87. The van der Waals surface area contributed by atoms with E-state index < -0.39 is 0 Å². The number of para-hydroxylation sites is 1. The summed E-state index contributed by atoms with van der Waals surface area (Å²) >= 11 is 0. The quantitative estimate of drug-likeness (QED) is 0.671. The summed E-state index contributed by atoms with van der Waals surface area (Å²) in [7, 11) is 1.62. The van der Waals surface area contributed by atoms with Crippen molar-refractivity contribution >= 4 is 11.8 Å². The fraction of sp³-hybridized carbons (Fsp3) is 0.240. The molecular weight excluding hydrogens is 390 g/mol. The van der Waals surface area contributed by atoms with Crippen LogP contribution in [-0.4, -0.2) is 41.9 Å². The first kappa shape index (κ1) is 20.6. The molecule has 1 fully saturated rings. The molecule has 6 heteroatoms. The lowest BCUT2D eigenvalue weighted by Gasteiger charge is -2.20. The van der Waals surface area contributed by atoms with Crippen LogP contribution in [0.1, 0.15) is 27.4 Å². The van der Waals surface area contributed by atoms with E-state index in [1.165, 1.54) is 0 Å². The minimum Gasteiger partial charge on any atom is -0.496 e. The number of carbonyl (C=O) groups excluding carboxylic acids is 2. The topological polar surface area (TPSA) is 71.5 Å². The number of aromatic nitrogens is 1. The second-order valence-electron chi connectivity index (χ2n) is 7.61. The molecule has 4 rings (SSSR count). The van der Waals surface area contributed by atoms with Crippen molar-refractivity contribution in [1.29, 1.82) is 0 Å². The van der Waals surface area contributed by atoms with Crippen LogP contribution in [0.25, 0.3) is 0 Å². The molecule has 0 spiro atoms. The van der Waals surface area contributed by atoms with Crippen molar-refractivity contribution in [2.24, 2.45) is 5.92 Å². The van der Waals surface area contributed by atoms with Crippen LogP contribution in [0.4, 0.5) is 0 Å². The molecule has 0 radical (unpaired) electrons. The maximum absolute atomic E-state index is 13.2. The highest BCUT2D eigenvalue weighted by molar-refractivity contribution is 5.95. The summed E-state index contributed by atoms with van der Waals surface area (Å²) in [6, 6.07) is 20.6. The van der Waals surface area contributed by atoms with E-state index in [-0.39, 0.29) is 23.7 Å². The van der Waals surface area contributed by atoms with Gasteiger partial charge in [-0.15, -0.1) is 0 Å². The Morgan fingerprint density at radius 1 is 1.03 bits per heavy atom. The number of likely N-dealkylation sites (tertiary alicyclic amines) is 1. The van der Waals surface area contributed by atoms with Gasteiger partial charge in [-0.05, 0) is 35.4 Å². The monoisotopic (exact) mass is 415 g/mol. The number of nitrogens with zero attached hydrogens (tertiary/aromatic N) is 2. The number of carbonyl (C=O) groups is 2. The zero-order valence-electron chi connectivity index (χ0n) is 17.4. The van der Waals surface area contributed by atoms with E-state index in [2.05, 4.69) is 10.3 Å². The average Bonchev–Trinajstić information content (AvgIpc) is 3.28. The van der Waals surface area contributed by atoms with Crippen LogP contribution in [0.2, 0.25) is 0 Å². The van der Waals surface area contributed by atoms with Crippen molar-refractivity contribution < 1.29 is 14.3 Å². The fourth-order valence-electron chi connectivity index (χ4n) is 4.11. The van der Waals surface area contributed by atoms with Gasteiger partial charge in [-0.3, -0.25) is 14.6 Å². The number of amides is 2. The van der Waals surface area contributed by atoms with Gasteiger partial charge in [0.05, 0.1) is 13.0 Å². The van der Waals surface area contributed by atoms with Crippen LogP contribution in [0.15, 0.2) is 79.1 Å². The van der Waals surface area contributed by atoms with E-state index in [1.807, 2.05) is 54.6 Å². The molecule has 0 aliphatic carbocycles. The standard InChI is InChI=1S/C25H25N3O3/c1-31-23-12-6-5-11-20(23)21-16-28(25(30)19-9-3-2-4-10-19)17-22(21)24(29)27-15-18-8-7-13-26-14-18/h2-14,21-22H,15-17H2,1H3,(H,27,29)/t21-,22-/m0/s1. The Labute approximate surface area is 181 Å². The highest BCUT2D eigenvalue weighted by atomic mass is 16.5. The molecule has 2 atom stereocenters. The van der Waals surface area contributed by atoms with Crippen LogP contribution in [0.3, 0.4) is 0 Å². The molecule has 2 aromatic carbocycles. The summed E-state index contributed by atoms with van der Waals surface area (Å²) in [6.07, 6.45) is 3.44. The number of nitrogens with one attached hydrogen (secondary N) is 1. The fourth-order valence-corrected chi connectivity index (χ4v) is 4.11. The Hall–Kier alpha value is -3.67. The summed E-state index contributed by atoms with van der Waals surface area (Å²) in [4.78, 5) is 32.1. The molecule has 1 aliphatic heterocycles. The van der Waals surface area contributed by atoms with Gasteiger partial charge < -0.3 is 15.0 Å². The third-order valence-corrected chi connectivity index (χ3v) is 5.69. The first-order valence-corrected chi connectivity index (χ1v) is 10.3. The van der Waals surface area contributed by atoms with E-state index in [9.17, 15) is 9.59 Å². The average molecular weight is 415 g/mol. The Balaban J connectivity index is 1.58. The molecule has 1 N–H and O–H groups in total. The number of hydrogen-bond acceptors (Lipinski definition) is 4. The summed E-state index contributed by atoms with van der Waals surface area (Å²) in [5.74, 6) is 0.0519. The van der Waals surface area contributed by atoms with Crippen LogP contribution in [0.5, 0.6) is 5.75 Å². The zero-order valence-corrected chi connectivity index (χ0v) is 17.4. The van der Waals surface area contributed by atoms with Gasteiger partial charge in [0.25, 0.3) is 5.91 Å². The van der Waals surface area contributed by atoms with E-state index in [1.54, 1.807) is 36.5 Å². The summed E-state index contributed by atoms with van der Waals surface area (Å²) in [5, 5.41) is 3.02. The first-order valence-electron chi connectivity index (χ1n) is 10.3. The second-order valence-corrected chi connectivity index (χ2v) is 7.61. The van der Waals surface area contributed by atoms with Crippen molar-refractivity contribution in [2.45, 2.75) is 12.5 Å². The third-order valence-electron chi connectivity index (χ3n) is 5.69. The van der Waals surface area contributed by atoms with E-state index in [0.717, 1.165) is 16.9 Å². The second kappa shape index (κ2) is 9.43. The van der Waals surface area contributed by atoms with Gasteiger partial charge >= 0.3 is 0 Å². The number of hydrogen-bond donors (Lipinski definition) is 1. The first-order chi connectivity index (χ1) is 15.2. The molecule has 2 heterocycles. The smallest absolute Gasteiger partial charge is 0.253 e. The van der Waals surface area contributed by atoms with Crippen LogP contribution >= 0.6 is 0 Å². The summed E-state index contributed by atoms with van der Waals surface area (Å²) < 4.78 is 5.55. The molecule has 6 nitrogen and oxygen atoms in total. The Bertz CT molecular complexity index is 1040. The van der Waals surface area contributed by atoms with Crippen LogP contribution in [0, 0.1) is 5.92 Å². The third kappa shape index (κ3) is 4.58. The molecule has 3 aromatic rings. The highest BCUT2D eigenvalue weighted by Crippen LogP contribution is 2.38. The Morgan fingerprint density at radius 2 is 1.81 bits per heavy atom. The molecule has 158 valence electrons. The van der Waals surface area contributed by atoms with Gasteiger partial charge in [-0.2, -0.15) is 0 Å². The maximum Gasteiger partial charge on any atom is 0.253 e.